The summed E-state index contributed by atoms with van der Waals surface area (Å²) in [7, 11) is 0. The maximum atomic E-state index is 8.59. The van der Waals surface area contributed by atoms with Crippen LogP contribution in [0.5, 0.6) is 0 Å². The van der Waals surface area contributed by atoms with Crippen molar-refractivity contribution < 1.29 is 9.84 Å². The number of nitrogens with one attached hydrogen (secondary N) is 1. The summed E-state index contributed by atoms with van der Waals surface area (Å²) in [5, 5.41) is 12.0. The summed E-state index contributed by atoms with van der Waals surface area (Å²) in [6.07, 6.45) is 4.74. The van der Waals surface area contributed by atoms with E-state index in [1.165, 1.54) is 12.8 Å². The first kappa shape index (κ1) is 11.0. The molecule has 13 heavy (non-hydrogen) atoms. The van der Waals surface area contributed by atoms with E-state index >= 15 is 0 Å². The van der Waals surface area contributed by atoms with Gasteiger partial charge < -0.3 is 15.2 Å². The van der Waals surface area contributed by atoms with E-state index in [9.17, 15) is 0 Å². The molecule has 0 radical (unpaired) electrons. The van der Waals surface area contributed by atoms with E-state index in [-0.39, 0.29) is 0 Å². The summed E-state index contributed by atoms with van der Waals surface area (Å²) in [6, 6.07) is 0.459. The van der Waals surface area contributed by atoms with Crippen LogP contribution >= 0.6 is 0 Å². The van der Waals surface area contributed by atoms with Crippen molar-refractivity contribution >= 4 is 0 Å². The van der Waals surface area contributed by atoms with Crippen molar-refractivity contribution in [3.05, 3.63) is 0 Å². The highest BCUT2D eigenvalue weighted by Crippen LogP contribution is 2.15. The maximum Gasteiger partial charge on any atom is 0.0726 e. The Hall–Kier alpha value is -0.120. The molecule has 1 rings (SSSR count). The van der Waals surface area contributed by atoms with Crippen molar-refractivity contribution in [1.82, 2.24) is 5.32 Å². The van der Waals surface area contributed by atoms with Gasteiger partial charge in [-0.3, -0.25) is 0 Å². The van der Waals surface area contributed by atoms with Gasteiger partial charge in [0.25, 0.3) is 0 Å². The van der Waals surface area contributed by atoms with Crippen LogP contribution in [0.15, 0.2) is 0 Å². The zero-order valence-corrected chi connectivity index (χ0v) is 8.46. The number of hydrogen-bond donors (Lipinski definition) is 2. The van der Waals surface area contributed by atoms with Crippen LogP contribution in [0.2, 0.25) is 0 Å². The first-order valence-electron chi connectivity index (χ1n) is 5.30. The highest BCUT2D eigenvalue weighted by Gasteiger charge is 2.21. The van der Waals surface area contributed by atoms with Crippen molar-refractivity contribution in [2.24, 2.45) is 0 Å². The molecule has 3 heteroatoms. The molecule has 0 aromatic rings. The van der Waals surface area contributed by atoms with Gasteiger partial charge in [0.05, 0.1) is 6.10 Å². The molecule has 0 aromatic heterocycles. The molecule has 1 aliphatic rings. The lowest BCUT2D eigenvalue weighted by atomic mass is 10.1. The fourth-order valence-corrected chi connectivity index (χ4v) is 1.69. The lowest BCUT2D eigenvalue weighted by Crippen LogP contribution is -2.37. The summed E-state index contributed by atoms with van der Waals surface area (Å²) in [6.45, 7) is 4.39. The molecule has 0 aliphatic carbocycles. The molecule has 2 unspecified atom stereocenters. The first-order valence-corrected chi connectivity index (χ1v) is 5.30. The van der Waals surface area contributed by atoms with Crippen molar-refractivity contribution in [3.8, 4) is 0 Å². The van der Waals surface area contributed by atoms with Gasteiger partial charge >= 0.3 is 0 Å². The van der Waals surface area contributed by atoms with Gasteiger partial charge in [-0.25, -0.2) is 0 Å². The zero-order valence-electron chi connectivity index (χ0n) is 8.46. The molecule has 0 spiro atoms. The van der Waals surface area contributed by atoms with Crippen LogP contribution in [0.4, 0.5) is 0 Å². The number of unbranched alkanes of at least 4 members (excludes halogenated alkanes) is 1. The van der Waals surface area contributed by atoms with Gasteiger partial charge in [0.2, 0.25) is 0 Å². The SMILES string of the molecule is CC(NCCCCO)C1CCCO1. The Kier molecular flexibility index (Phi) is 5.35. The summed E-state index contributed by atoms with van der Waals surface area (Å²) in [5.74, 6) is 0. The highest BCUT2D eigenvalue weighted by molar-refractivity contribution is 4.76. The Morgan fingerprint density at radius 2 is 2.38 bits per heavy atom. The topological polar surface area (TPSA) is 41.5 Å². The molecule has 0 saturated carbocycles. The fraction of sp³-hybridized carbons (Fsp3) is 1.00. The molecule has 2 N–H and O–H groups in total. The van der Waals surface area contributed by atoms with Gasteiger partial charge in [-0.2, -0.15) is 0 Å². The largest absolute Gasteiger partial charge is 0.396 e. The van der Waals surface area contributed by atoms with Gasteiger partial charge in [-0.15, -0.1) is 0 Å². The van der Waals surface area contributed by atoms with Crippen LogP contribution in [0.1, 0.15) is 32.6 Å². The molecule has 1 fully saturated rings. The summed E-state index contributed by atoms with van der Waals surface area (Å²) in [4.78, 5) is 0. The monoisotopic (exact) mass is 187 g/mol. The van der Waals surface area contributed by atoms with E-state index < -0.39 is 0 Å². The Balaban J connectivity index is 1.99. The van der Waals surface area contributed by atoms with Crippen molar-refractivity contribution in [1.29, 1.82) is 0 Å². The van der Waals surface area contributed by atoms with Gasteiger partial charge in [0.15, 0.2) is 0 Å². The van der Waals surface area contributed by atoms with Gasteiger partial charge in [0, 0.05) is 19.3 Å². The molecule has 0 bridgehead atoms. The van der Waals surface area contributed by atoms with Gasteiger partial charge in [-0.1, -0.05) is 0 Å². The second-order valence-electron chi connectivity index (χ2n) is 3.72. The Bertz CT molecular complexity index is 124. The fourth-order valence-electron chi connectivity index (χ4n) is 1.69. The summed E-state index contributed by atoms with van der Waals surface area (Å²) >= 11 is 0. The Morgan fingerprint density at radius 3 is 3.00 bits per heavy atom. The lowest BCUT2D eigenvalue weighted by molar-refractivity contribution is 0.0835. The minimum Gasteiger partial charge on any atom is -0.396 e. The van der Waals surface area contributed by atoms with Crippen molar-refractivity contribution in [3.63, 3.8) is 0 Å². The Morgan fingerprint density at radius 1 is 1.54 bits per heavy atom. The van der Waals surface area contributed by atoms with Crippen molar-refractivity contribution in [2.75, 3.05) is 19.8 Å². The van der Waals surface area contributed by atoms with Crippen LogP contribution in [-0.4, -0.2) is 37.0 Å². The second-order valence-corrected chi connectivity index (χ2v) is 3.72. The third-order valence-corrected chi connectivity index (χ3v) is 2.57. The molecular weight excluding hydrogens is 166 g/mol. The van der Waals surface area contributed by atoms with Crippen LogP contribution < -0.4 is 5.32 Å². The first-order chi connectivity index (χ1) is 6.34. The average Bonchev–Trinajstić information content (AvgIpc) is 2.65. The van der Waals surface area contributed by atoms with Crippen LogP contribution in [0.25, 0.3) is 0 Å². The predicted molar refractivity (Wildman–Crippen MR) is 52.8 cm³/mol. The predicted octanol–water partition coefficient (Wildman–Crippen LogP) is 0.916. The molecule has 1 saturated heterocycles. The number of aliphatic hydroxyl groups is 1. The van der Waals surface area contributed by atoms with Gasteiger partial charge in [0.1, 0.15) is 0 Å². The van der Waals surface area contributed by atoms with Crippen molar-refractivity contribution in [2.45, 2.75) is 44.8 Å². The molecule has 2 atom stereocenters. The van der Waals surface area contributed by atoms with E-state index in [1.54, 1.807) is 0 Å². The summed E-state index contributed by atoms with van der Waals surface area (Å²) < 4.78 is 5.56. The molecule has 3 nitrogen and oxygen atoms in total. The van der Waals surface area contributed by atoms with E-state index in [1.807, 2.05) is 0 Å². The van der Waals surface area contributed by atoms with Crippen LogP contribution in [-0.2, 0) is 4.74 Å². The molecular formula is C10H21NO2. The minimum absolute atomic E-state index is 0.302. The average molecular weight is 187 g/mol. The van der Waals surface area contributed by atoms with E-state index in [2.05, 4.69) is 12.2 Å². The van der Waals surface area contributed by atoms with E-state index in [0.717, 1.165) is 26.0 Å². The lowest BCUT2D eigenvalue weighted by Gasteiger charge is -2.19. The van der Waals surface area contributed by atoms with Crippen LogP contribution in [0, 0.1) is 0 Å². The molecule has 78 valence electrons. The molecule has 0 aromatic carbocycles. The van der Waals surface area contributed by atoms with E-state index in [0.29, 0.717) is 18.8 Å². The summed E-state index contributed by atoms with van der Waals surface area (Å²) in [5.41, 5.74) is 0. The van der Waals surface area contributed by atoms with E-state index in [4.69, 9.17) is 9.84 Å². The minimum atomic E-state index is 0.302. The second kappa shape index (κ2) is 6.35. The number of aliphatic hydroxyl groups excluding tert-OH is 1. The third kappa shape index (κ3) is 4.07. The Labute approximate surface area is 80.5 Å². The maximum absolute atomic E-state index is 8.59. The van der Waals surface area contributed by atoms with Gasteiger partial charge in [-0.05, 0) is 39.2 Å². The molecule has 1 heterocycles. The zero-order chi connectivity index (χ0) is 9.52. The third-order valence-electron chi connectivity index (χ3n) is 2.57. The molecule has 0 amide bonds. The number of rotatable bonds is 6. The normalized spacial score (nSPS) is 24.9. The number of hydrogen-bond acceptors (Lipinski definition) is 3. The smallest absolute Gasteiger partial charge is 0.0726 e. The molecule has 1 aliphatic heterocycles. The standard InChI is InChI=1S/C10H21NO2/c1-9(10-5-4-8-13-10)11-6-2-3-7-12/h9-12H,2-8H2,1H3. The quantitative estimate of drug-likeness (QED) is 0.607. The number of ether oxygens (including phenoxy) is 1. The van der Waals surface area contributed by atoms with Crippen LogP contribution in [0.3, 0.4) is 0 Å². The highest BCUT2D eigenvalue weighted by atomic mass is 16.5.